The van der Waals surface area contributed by atoms with Gasteiger partial charge >= 0.3 is 0 Å². The number of benzene rings is 2. The standard InChI is InChI=1S/C25H26N6O/c1-18-11-13-20(14-12-18)31-17-21(24(29-31)19-8-4-2-5-9-19)25(32)26-16-23-28-27-22-10-6-3-7-15-30(22)23/h2,4-5,8-9,11-14,17H,3,6-7,10,15-16H2,1H3,(H,26,32). The van der Waals surface area contributed by atoms with Crippen molar-refractivity contribution in [1.82, 2.24) is 29.9 Å². The van der Waals surface area contributed by atoms with Crippen LogP contribution in [0.25, 0.3) is 16.9 Å². The van der Waals surface area contributed by atoms with Crippen LogP contribution >= 0.6 is 0 Å². The zero-order valence-electron chi connectivity index (χ0n) is 18.2. The number of aromatic nitrogens is 5. The summed E-state index contributed by atoms with van der Waals surface area (Å²) in [7, 11) is 0. The van der Waals surface area contributed by atoms with Gasteiger partial charge in [-0.05, 0) is 31.9 Å². The van der Waals surface area contributed by atoms with E-state index in [1.165, 1.54) is 12.0 Å². The van der Waals surface area contributed by atoms with Crippen LogP contribution in [0.4, 0.5) is 0 Å². The lowest BCUT2D eigenvalue weighted by Crippen LogP contribution is -2.25. The normalized spacial score (nSPS) is 13.4. The Balaban J connectivity index is 1.43. The summed E-state index contributed by atoms with van der Waals surface area (Å²) in [5, 5.41) is 16.4. The Kier molecular flexibility index (Phi) is 5.54. The van der Waals surface area contributed by atoms with E-state index >= 15 is 0 Å². The van der Waals surface area contributed by atoms with Crippen LogP contribution in [0.1, 0.15) is 46.8 Å². The number of fused-ring (bicyclic) bond motifs is 1. The van der Waals surface area contributed by atoms with Crippen molar-refractivity contribution < 1.29 is 4.79 Å². The summed E-state index contributed by atoms with van der Waals surface area (Å²) in [5.41, 5.74) is 4.18. The van der Waals surface area contributed by atoms with Gasteiger partial charge in [-0.1, -0.05) is 54.4 Å². The molecule has 7 nitrogen and oxygen atoms in total. The van der Waals surface area contributed by atoms with Gasteiger partial charge in [-0.25, -0.2) is 4.68 Å². The molecule has 1 amide bonds. The maximum Gasteiger partial charge on any atom is 0.255 e. The number of hydrogen-bond donors (Lipinski definition) is 1. The monoisotopic (exact) mass is 426 g/mol. The molecule has 2 aromatic heterocycles. The van der Waals surface area contributed by atoms with Crippen LogP contribution in [-0.4, -0.2) is 30.5 Å². The predicted octanol–water partition coefficient (Wildman–Crippen LogP) is 4.10. The highest BCUT2D eigenvalue weighted by atomic mass is 16.1. The van der Waals surface area contributed by atoms with Crippen LogP contribution in [0.5, 0.6) is 0 Å². The average Bonchev–Trinajstić information content (AvgIpc) is 3.36. The van der Waals surface area contributed by atoms with Gasteiger partial charge in [0.1, 0.15) is 11.5 Å². The van der Waals surface area contributed by atoms with Crippen molar-refractivity contribution >= 4 is 5.91 Å². The smallest absolute Gasteiger partial charge is 0.255 e. The quantitative estimate of drug-likeness (QED) is 0.521. The Bertz CT molecular complexity index is 1220. The van der Waals surface area contributed by atoms with Crippen molar-refractivity contribution in [2.75, 3.05) is 0 Å². The number of aryl methyl sites for hydroxylation is 2. The first kappa shape index (κ1) is 20.2. The number of carbonyl (C=O) groups is 1. The third-order valence-corrected chi connectivity index (χ3v) is 5.90. The van der Waals surface area contributed by atoms with E-state index in [9.17, 15) is 4.79 Å². The van der Waals surface area contributed by atoms with Crippen LogP contribution in [0.3, 0.4) is 0 Å². The fourth-order valence-electron chi connectivity index (χ4n) is 4.11. The van der Waals surface area contributed by atoms with E-state index in [2.05, 4.69) is 20.1 Å². The molecule has 162 valence electrons. The van der Waals surface area contributed by atoms with Gasteiger partial charge in [-0.15, -0.1) is 10.2 Å². The molecule has 0 unspecified atom stereocenters. The van der Waals surface area contributed by atoms with E-state index < -0.39 is 0 Å². The molecular weight excluding hydrogens is 400 g/mol. The van der Waals surface area contributed by atoms with Crippen molar-refractivity contribution in [3.63, 3.8) is 0 Å². The molecule has 0 bridgehead atoms. The molecule has 1 aliphatic rings. The van der Waals surface area contributed by atoms with Crippen LogP contribution in [0, 0.1) is 6.92 Å². The second-order valence-corrected chi connectivity index (χ2v) is 8.21. The van der Waals surface area contributed by atoms with Crippen LogP contribution in [0.15, 0.2) is 60.8 Å². The van der Waals surface area contributed by atoms with Gasteiger partial charge in [-0.2, -0.15) is 5.10 Å². The van der Waals surface area contributed by atoms with Crippen molar-refractivity contribution in [2.24, 2.45) is 0 Å². The van der Waals surface area contributed by atoms with Crippen LogP contribution < -0.4 is 5.32 Å². The summed E-state index contributed by atoms with van der Waals surface area (Å²) in [6, 6.07) is 17.9. The Morgan fingerprint density at radius 3 is 2.62 bits per heavy atom. The highest BCUT2D eigenvalue weighted by molar-refractivity contribution is 5.99. The summed E-state index contributed by atoms with van der Waals surface area (Å²) in [6.45, 7) is 3.30. The lowest BCUT2D eigenvalue weighted by atomic mass is 10.1. The van der Waals surface area contributed by atoms with E-state index in [4.69, 9.17) is 5.10 Å². The highest BCUT2D eigenvalue weighted by Gasteiger charge is 2.20. The minimum Gasteiger partial charge on any atom is -0.345 e. The van der Waals surface area contributed by atoms with Gasteiger partial charge in [-0.3, -0.25) is 4.79 Å². The van der Waals surface area contributed by atoms with Crippen molar-refractivity contribution in [3.05, 3.63) is 83.6 Å². The summed E-state index contributed by atoms with van der Waals surface area (Å²) in [6.07, 6.45) is 6.21. The second-order valence-electron chi connectivity index (χ2n) is 8.21. The third kappa shape index (κ3) is 4.06. The van der Waals surface area contributed by atoms with E-state index in [1.54, 1.807) is 10.9 Å². The van der Waals surface area contributed by atoms with Crippen molar-refractivity contribution in [2.45, 2.75) is 45.7 Å². The average molecular weight is 427 g/mol. The third-order valence-electron chi connectivity index (χ3n) is 5.90. The Morgan fingerprint density at radius 2 is 1.81 bits per heavy atom. The lowest BCUT2D eigenvalue weighted by molar-refractivity contribution is 0.0950. The molecule has 1 N–H and O–H groups in total. The van der Waals surface area contributed by atoms with E-state index in [1.807, 2.05) is 61.5 Å². The Labute approximate surface area is 187 Å². The number of rotatable bonds is 5. The van der Waals surface area contributed by atoms with Gasteiger partial charge in [0.25, 0.3) is 5.91 Å². The molecule has 0 saturated heterocycles. The minimum atomic E-state index is -0.173. The first-order chi connectivity index (χ1) is 15.7. The lowest BCUT2D eigenvalue weighted by Gasteiger charge is -2.08. The molecule has 4 aromatic rings. The molecular formula is C25H26N6O. The van der Waals surface area contributed by atoms with Gasteiger partial charge in [0.2, 0.25) is 0 Å². The van der Waals surface area contributed by atoms with E-state index in [0.29, 0.717) is 17.8 Å². The fourth-order valence-corrected chi connectivity index (χ4v) is 4.11. The number of nitrogens with one attached hydrogen (secondary N) is 1. The van der Waals surface area contributed by atoms with Crippen LogP contribution in [-0.2, 0) is 19.5 Å². The number of nitrogens with zero attached hydrogens (tertiary/aromatic N) is 5. The van der Waals surface area contributed by atoms with Crippen molar-refractivity contribution in [3.8, 4) is 16.9 Å². The zero-order chi connectivity index (χ0) is 21.9. The highest BCUT2D eigenvalue weighted by Crippen LogP contribution is 2.24. The largest absolute Gasteiger partial charge is 0.345 e. The first-order valence-corrected chi connectivity index (χ1v) is 11.1. The molecule has 0 saturated carbocycles. The maximum atomic E-state index is 13.2. The van der Waals surface area contributed by atoms with Crippen molar-refractivity contribution in [1.29, 1.82) is 0 Å². The minimum absolute atomic E-state index is 0.173. The fraction of sp³-hybridized carbons (Fsp3) is 0.280. The second kappa shape index (κ2) is 8.78. The molecule has 3 heterocycles. The maximum absolute atomic E-state index is 13.2. The Hall–Kier alpha value is -3.74. The van der Waals surface area contributed by atoms with E-state index in [0.717, 1.165) is 48.7 Å². The van der Waals surface area contributed by atoms with Gasteiger partial charge in [0, 0.05) is 24.7 Å². The summed E-state index contributed by atoms with van der Waals surface area (Å²) < 4.78 is 3.92. The number of amides is 1. The van der Waals surface area contributed by atoms with E-state index in [-0.39, 0.29) is 5.91 Å². The molecule has 0 spiro atoms. The number of hydrogen-bond acceptors (Lipinski definition) is 4. The SMILES string of the molecule is Cc1ccc(-n2cc(C(=O)NCc3nnc4n3CCCCC4)c(-c3ccccc3)n2)cc1. The topological polar surface area (TPSA) is 77.6 Å². The van der Waals surface area contributed by atoms with Gasteiger partial charge in [0.05, 0.1) is 17.8 Å². The van der Waals surface area contributed by atoms with Crippen LogP contribution in [0.2, 0.25) is 0 Å². The van der Waals surface area contributed by atoms with Gasteiger partial charge < -0.3 is 9.88 Å². The molecule has 0 fully saturated rings. The van der Waals surface area contributed by atoms with Gasteiger partial charge in [0.15, 0.2) is 5.82 Å². The summed E-state index contributed by atoms with van der Waals surface area (Å²) in [4.78, 5) is 13.2. The summed E-state index contributed by atoms with van der Waals surface area (Å²) in [5.74, 6) is 1.65. The molecule has 1 aliphatic heterocycles. The molecule has 0 aliphatic carbocycles. The zero-order valence-corrected chi connectivity index (χ0v) is 18.2. The molecule has 0 atom stereocenters. The Morgan fingerprint density at radius 1 is 1.00 bits per heavy atom. The molecule has 0 radical (unpaired) electrons. The molecule has 5 rings (SSSR count). The molecule has 2 aromatic carbocycles. The molecule has 32 heavy (non-hydrogen) atoms. The number of carbonyl (C=O) groups excluding carboxylic acids is 1. The predicted molar refractivity (Wildman–Crippen MR) is 122 cm³/mol. The first-order valence-electron chi connectivity index (χ1n) is 11.1. The summed E-state index contributed by atoms with van der Waals surface area (Å²) >= 11 is 0. The molecule has 7 heteroatoms.